The summed E-state index contributed by atoms with van der Waals surface area (Å²) < 4.78 is 1.98. The number of carbonyl (C=O) groups is 1. The van der Waals surface area contributed by atoms with E-state index in [1.807, 2.05) is 23.7 Å². The Kier molecular flexibility index (Phi) is 4.72. The second-order valence-electron chi connectivity index (χ2n) is 8.55. The molecule has 3 aromatic rings. The van der Waals surface area contributed by atoms with E-state index in [0.717, 1.165) is 35.5 Å². The van der Waals surface area contributed by atoms with Gasteiger partial charge in [-0.05, 0) is 43.2 Å². The molecule has 0 radical (unpaired) electrons. The molecular weight excluding hydrogens is 418 g/mol. The first-order chi connectivity index (χ1) is 15.9. The molecule has 2 amide bonds. The minimum atomic E-state index is -0.239. The van der Waals surface area contributed by atoms with Crippen molar-refractivity contribution in [2.45, 2.75) is 31.3 Å². The highest BCUT2D eigenvalue weighted by molar-refractivity contribution is 5.76. The lowest BCUT2D eigenvalue weighted by Crippen LogP contribution is -2.62. The summed E-state index contributed by atoms with van der Waals surface area (Å²) in [5.74, 6) is 0.204. The third-order valence-electron chi connectivity index (χ3n) is 6.47. The van der Waals surface area contributed by atoms with Gasteiger partial charge in [-0.15, -0.1) is 0 Å². The maximum absolute atomic E-state index is 12.8. The van der Waals surface area contributed by atoms with Crippen LogP contribution < -0.4 is 11.1 Å². The number of nitrogen functional groups attached to an aromatic ring is 1. The number of likely N-dealkylation sites (tertiary alicyclic amines) is 1. The molecule has 10 nitrogen and oxygen atoms in total. The van der Waals surface area contributed by atoms with E-state index in [1.165, 1.54) is 0 Å². The molecule has 5 heterocycles. The van der Waals surface area contributed by atoms with E-state index >= 15 is 0 Å². The predicted octanol–water partition coefficient (Wildman–Crippen LogP) is 2.09. The average Bonchev–Trinajstić information content (AvgIpc) is 3.38. The molecule has 1 fully saturated rings. The summed E-state index contributed by atoms with van der Waals surface area (Å²) in [7, 11) is 0. The highest BCUT2D eigenvalue weighted by Crippen LogP contribution is 2.44. The molecule has 1 spiro atoms. The number of aromatic nitrogens is 4. The highest BCUT2D eigenvalue weighted by Gasteiger charge is 2.51. The first-order valence-electron chi connectivity index (χ1n) is 10.6. The Morgan fingerprint density at radius 3 is 2.82 bits per heavy atom. The van der Waals surface area contributed by atoms with Gasteiger partial charge in [0.05, 0.1) is 17.3 Å². The Hall–Kier alpha value is -4.44. The topological polar surface area (TPSA) is 150 Å². The van der Waals surface area contributed by atoms with Crippen molar-refractivity contribution in [1.82, 2.24) is 30.0 Å². The van der Waals surface area contributed by atoms with Gasteiger partial charge >= 0.3 is 6.03 Å². The quantitative estimate of drug-likeness (QED) is 0.634. The summed E-state index contributed by atoms with van der Waals surface area (Å²) in [5, 5.41) is 26.0. The SMILES string of the molecule is C[C@@H](NC(=O)N1CC2(CCn3nc(-c4cnc(N)c(C#N)c4)cc32)C1)c1ccnc(C#N)c1. The van der Waals surface area contributed by atoms with Gasteiger partial charge in [-0.25, -0.2) is 14.8 Å². The van der Waals surface area contributed by atoms with E-state index in [4.69, 9.17) is 16.1 Å². The Morgan fingerprint density at radius 2 is 2.06 bits per heavy atom. The molecule has 0 unspecified atom stereocenters. The van der Waals surface area contributed by atoms with Crippen LogP contribution in [-0.2, 0) is 12.0 Å². The van der Waals surface area contributed by atoms with Crippen molar-refractivity contribution in [3.8, 4) is 23.4 Å². The number of nitrogens with two attached hydrogens (primary N) is 1. The molecule has 3 N–H and O–H groups in total. The molecule has 1 saturated heterocycles. The van der Waals surface area contributed by atoms with Gasteiger partial charge in [-0.2, -0.15) is 15.6 Å². The molecule has 0 saturated carbocycles. The Morgan fingerprint density at radius 1 is 1.24 bits per heavy atom. The number of urea groups is 1. The lowest BCUT2D eigenvalue weighted by molar-refractivity contribution is 0.0906. The van der Waals surface area contributed by atoms with Crippen LogP contribution in [0.5, 0.6) is 0 Å². The third kappa shape index (κ3) is 3.42. The van der Waals surface area contributed by atoms with Crippen LogP contribution >= 0.6 is 0 Å². The van der Waals surface area contributed by atoms with Gasteiger partial charge in [-0.3, -0.25) is 4.68 Å². The minimum absolute atomic E-state index is 0.115. The van der Waals surface area contributed by atoms with Gasteiger partial charge in [0, 0.05) is 48.7 Å². The zero-order valence-electron chi connectivity index (χ0n) is 18.0. The molecule has 164 valence electrons. The lowest BCUT2D eigenvalue weighted by Gasteiger charge is -2.47. The zero-order valence-corrected chi connectivity index (χ0v) is 18.0. The molecule has 1 atom stereocenters. The number of anilines is 1. The molecule has 2 aliphatic heterocycles. The maximum Gasteiger partial charge on any atom is 0.317 e. The van der Waals surface area contributed by atoms with Crippen molar-refractivity contribution < 1.29 is 4.79 Å². The number of pyridine rings is 2. The summed E-state index contributed by atoms with van der Waals surface area (Å²) in [6.07, 6.45) is 4.12. The van der Waals surface area contributed by atoms with Crippen LogP contribution in [0, 0.1) is 22.7 Å². The number of amides is 2. The standard InChI is InChI=1S/C23H21N9O/c1-14(15-2-4-27-18(7-15)10-25)29-22(33)31-12-23(13-31)3-5-32-20(23)8-19(30-32)17-6-16(9-24)21(26)28-11-17/h2,4,6-8,11,14H,3,5,12-13H2,1H3,(H2,26,28)(H,29,33)/t14-/m1/s1. The maximum atomic E-state index is 12.8. The average molecular weight is 439 g/mol. The molecule has 0 aliphatic carbocycles. The van der Waals surface area contributed by atoms with Crippen LogP contribution in [0.3, 0.4) is 0 Å². The van der Waals surface area contributed by atoms with Gasteiger partial charge in [0.2, 0.25) is 0 Å². The number of nitriles is 2. The van der Waals surface area contributed by atoms with Gasteiger partial charge in [0.15, 0.2) is 0 Å². The summed E-state index contributed by atoms with van der Waals surface area (Å²) in [5.41, 5.74) is 9.69. The van der Waals surface area contributed by atoms with Gasteiger partial charge < -0.3 is 16.0 Å². The molecule has 10 heteroatoms. The number of nitrogens with one attached hydrogen (secondary N) is 1. The van der Waals surface area contributed by atoms with Crippen molar-refractivity contribution in [2.75, 3.05) is 18.8 Å². The van der Waals surface area contributed by atoms with Crippen LogP contribution in [0.2, 0.25) is 0 Å². The van der Waals surface area contributed by atoms with Crippen molar-refractivity contribution in [3.63, 3.8) is 0 Å². The monoisotopic (exact) mass is 439 g/mol. The number of hydrogen-bond acceptors (Lipinski definition) is 7. The minimum Gasteiger partial charge on any atom is -0.383 e. The fourth-order valence-corrected chi connectivity index (χ4v) is 4.59. The molecule has 33 heavy (non-hydrogen) atoms. The fraction of sp³-hybridized carbons (Fsp3) is 0.304. The molecule has 0 bridgehead atoms. The second kappa shape index (κ2) is 7.61. The van der Waals surface area contributed by atoms with Crippen LogP contribution in [-0.4, -0.2) is 43.8 Å². The molecule has 3 aromatic heterocycles. The van der Waals surface area contributed by atoms with E-state index < -0.39 is 0 Å². The van der Waals surface area contributed by atoms with E-state index in [0.29, 0.717) is 24.3 Å². The second-order valence-corrected chi connectivity index (χ2v) is 8.55. The van der Waals surface area contributed by atoms with Crippen LogP contribution in [0.1, 0.15) is 41.9 Å². The van der Waals surface area contributed by atoms with Gasteiger partial charge in [0.1, 0.15) is 23.7 Å². The van der Waals surface area contributed by atoms with Crippen LogP contribution in [0.25, 0.3) is 11.3 Å². The Bertz CT molecular complexity index is 1340. The number of aryl methyl sites for hydroxylation is 1. The molecular formula is C23H21N9O. The van der Waals surface area contributed by atoms with Crippen LogP contribution in [0.4, 0.5) is 10.6 Å². The summed E-state index contributed by atoms with van der Waals surface area (Å²) in [6.45, 7) is 3.89. The molecule has 2 aliphatic rings. The lowest BCUT2D eigenvalue weighted by atomic mass is 9.76. The van der Waals surface area contributed by atoms with Gasteiger partial charge in [-0.1, -0.05) is 0 Å². The fourth-order valence-electron chi connectivity index (χ4n) is 4.59. The van der Waals surface area contributed by atoms with Crippen molar-refractivity contribution in [3.05, 3.63) is 59.2 Å². The molecule has 5 rings (SSSR count). The molecule has 0 aromatic carbocycles. The number of rotatable bonds is 3. The summed E-state index contributed by atoms with van der Waals surface area (Å²) in [4.78, 5) is 22.7. The smallest absolute Gasteiger partial charge is 0.317 e. The Balaban J connectivity index is 1.28. The number of hydrogen-bond donors (Lipinski definition) is 2. The van der Waals surface area contributed by atoms with Crippen LogP contribution in [0.15, 0.2) is 36.7 Å². The number of fused-ring (bicyclic) bond motifs is 2. The van der Waals surface area contributed by atoms with E-state index in [1.54, 1.807) is 35.5 Å². The Labute approximate surface area is 190 Å². The van der Waals surface area contributed by atoms with E-state index in [9.17, 15) is 10.1 Å². The largest absolute Gasteiger partial charge is 0.383 e. The van der Waals surface area contributed by atoms with Crippen molar-refractivity contribution in [1.29, 1.82) is 10.5 Å². The van der Waals surface area contributed by atoms with Crippen molar-refractivity contribution >= 4 is 11.8 Å². The number of nitrogens with zero attached hydrogens (tertiary/aromatic N) is 7. The highest BCUT2D eigenvalue weighted by atomic mass is 16.2. The first kappa shape index (κ1) is 20.5. The van der Waals surface area contributed by atoms with E-state index in [-0.39, 0.29) is 23.3 Å². The summed E-state index contributed by atoms with van der Waals surface area (Å²) >= 11 is 0. The number of carbonyl (C=O) groups excluding carboxylic acids is 1. The third-order valence-corrected chi connectivity index (χ3v) is 6.47. The zero-order chi connectivity index (χ0) is 23.2. The van der Waals surface area contributed by atoms with Crippen molar-refractivity contribution in [2.24, 2.45) is 0 Å². The normalized spacial score (nSPS) is 16.4. The first-order valence-corrected chi connectivity index (χ1v) is 10.6. The predicted molar refractivity (Wildman–Crippen MR) is 118 cm³/mol. The van der Waals surface area contributed by atoms with Gasteiger partial charge in [0.25, 0.3) is 0 Å². The summed E-state index contributed by atoms with van der Waals surface area (Å²) in [6, 6.07) is 10.9. The van der Waals surface area contributed by atoms with E-state index in [2.05, 4.69) is 21.4 Å².